The van der Waals surface area contributed by atoms with Gasteiger partial charge in [-0.2, -0.15) is 0 Å². The van der Waals surface area contributed by atoms with Crippen LogP contribution in [0.25, 0.3) is 0 Å². The van der Waals surface area contributed by atoms with Gasteiger partial charge in [0.15, 0.2) is 0 Å². The predicted octanol–water partition coefficient (Wildman–Crippen LogP) is 4.31. The summed E-state index contributed by atoms with van der Waals surface area (Å²) in [5.41, 5.74) is 1.24. The van der Waals surface area contributed by atoms with E-state index in [4.69, 9.17) is 11.6 Å². The molecule has 0 spiro atoms. The van der Waals surface area contributed by atoms with Crippen LogP contribution in [0.1, 0.15) is 10.4 Å². The first-order valence-electron chi connectivity index (χ1n) is 5.40. The van der Waals surface area contributed by atoms with Crippen molar-refractivity contribution in [3.05, 3.63) is 59.1 Å². The van der Waals surface area contributed by atoms with Crippen LogP contribution in [0.4, 0.5) is 5.69 Å². The molecule has 0 unspecified atom stereocenters. The fourth-order valence-electron chi connectivity index (χ4n) is 1.52. The Morgan fingerprint density at radius 1 is 1.11 bits per heavy atom. The topological polar surface area (TPSA) is 29.1 Å². The number of hydrogen-bond donors (Lipinski definition) is 1. The molecule has 1 amide bonds. The highest BCUT2D eigenvalue weighted by Gasteiger charge is 2.09. The molecule has 2 aromatic carbocycles. The van der Waals surface area contributed by atoms with E-state index in [-0.39, 0.29) is 5.91 Å². The van der Waals surface area contributed by atoms with Crippen LogP contribution in [0, 0.1) is 0 Å². The van der Waals surface area contributed by atoms with Crippen molar-refractivity contribution in [2.45, 2.75) is 4.90 Å². The number of rotatable bonds is 3. The molecule has 0 aromatic heterocycles. The van der Waals surface area contributed by atoms with Gasteiger partial charge in [0.05, 0.1) is 10.6 Å². The lowest BCUT2D eigenvalue weighted by atomic mass is 10.2. The van der Waals surface area contributed by atoms with E-state index >= 15 is 0 Å². The van der Waals surface area contributed by atoms with Crippen LogP contribution in [0.2, 0.25) is 5.02 Å². The van der Waals surface area contributed by atoms with E-state index in [0.717, 1.165) is 10.6 Å². The molecule has 4 heteroatoms. The minimum absolute atomic E-state index is 0.197. The van der Waals surface area contributed by atoms with Crippen LogP contribution in [0.5, 0.6) is 0 Å². The number of thioether (sulfide) groups is 1. The van der Waals surface area contributed by atoms with Crippen molar-refractivity contribution >= 4 is 35.0 Å². The van der Waals surface area contributed by atoms with Gasteiger partial charge in [0.25, 0.3) is 5.91 Å². The summed E-state index contributed by atoms with van der Waals surface area (Å²) in [5, 5.41) is 3.27. The first-order chi connectivity index (χ1) is 8.70. The first-order valence-corrected chi connectivity index (χ1v) is 7.01. The molecule has 0 saturated carbocycles. The maximum absolute atomic E-state index is 12.0. The second-order valence-corrected chi connectivity index (χ2v) is 4.95. The number of nitrogens with one attached hydrogen (secondary N) is 1. The van der Waals surface area contributed by atoms with Crippen molar-refractivity contribution in [3.8, 4) is 0 Å². The normalized spacial score (nSPS) is 10.1. The second kappa shape index (κ2) is 5.94. The van der Waals surface area contributed by atoms with Crippen molar-refractivity contribution in [1.29, 1.82) is 0 Å². The lowest BCUT2D eigenvalue weighted by Crippen LogP contribution is -2.12. The fraction of sp³-hybridized carbons (Fsp3) is 0.0714. The van der Waals surface area contributed by atoms with Crippen molar-refractivity contribution in [1.82, 2.24) is 0 Å². The standard InChI is InChI=1S/C14H12ClNOS/c1-18-11-8-6-10(7-9-11)16-14(17)12-4-2-3-5-13(12)15/h2-9H,1H3,(H,16,17). The second-order valence-electron chi connectivity index (χ2n) is 3.66. The summed E-state index contributed by atoms with van der Waals surface area (Å²) >= 11 is 7.63. The third-order valence-electron chi connectivity index (χ3n) is 2.47. The Kier molecular flexibility index (Phi) is 4.28. The number of hydrogen-bond acceptors (Lipinski definition) is 2. The Hall–Kier alpha value is -1.45. The molecule has 0 atom stereocenters. The average molecular weight is 278 g/mol. The molecule has 0 aliphatic rings. The molecule has 0 aliphatic carbocycles. The van der Waals surface area contributed by atoms with Gasteiger partial charge in [0, 0.05) is 10.6 Å². The molecule has 92 valence electrons. The van der Waals surface area contributed by atoms with Gasteiger partial charge >= 0.3 is 0 Å². The summed E-state index contributed by atoms with van der Waals surface area (Å²) in [7, 11) is 0. The van der Waals surface area contributed by atoms with Gasteiger partial charge in [-0.1, -0.05) is 23.7 Å². The number of carbonyl (C=O) groups excluding carboxylic acids is 1. The molecular weight excluding hydrogens is 266 g/mol. The molecule has 0 saturated heterocycles. The molecule has 2 rings (SSSR count). The monoisotopic (exact) mass is 277 g/mol. The van der Waals surface area contributed by atoms with Crippen LogP contribution >= 0.6 is 23.4 Å². The fourth-order valence-corrected chi connectivity index (χ4v) is 2.15. The average Bonchev–Trinajstić information content (AvgIpc) is 2.40. The molecule has 18 heavy (non-hydrogen) atoms. The minimum atomic E-state index is -0.197. The smallest absolute Gasteiger partial charge is 0.257 e. The Balaban J connectivity index is 2.14. The molecule has 0 bridgehead atoms. The van der Waals surface area contributed by atoms with Gasteiger partial charge in [0.1, 0.15) is 0 Å². The van der Waals surface area contributed by atoms with Gasteiger partial charge < -0.3 is 5.32 Å². The van der Waals surface area contributed by atoms with Crippen molar-refractivity contribution in [2.24, 2.45) is 0 Å². The highest BCUT2D eigenvalue weighted by atomic mass is 35.5. The quantitative estimate of drug-likeness (QED) is 0.847. The number of carbonyl (C=O) groups is 1. The Morgan fingerprint density at radius 3 is 2.39 bits per heavy atom. The number of anilines is 1. The van der Waals surface area contributed by atoms with E-state index < -0.39 is 0 Å². The highest BCUT2D eigenvalue weighted by molar-refractivity contribution is 7.98. The zero-order chi connectivity index (χ0) is 13.0. The van der Waals surface area contributed by atoms with Crippen LogP contribution in [0.3, 0.4) is 0 Å². The molecule has 2 nitrogen and oxygen atoms in total. The van der Waals surface area contributed by atoms with Gasteiger partial charge in [0.2, 0.25) is 0 Å². The van der Waals surface area contributed by atoms with Crippen LogP contribution in [-0.2, 0) is 0 Å². The van der Waals surface area contributed by atoms with Crippen LogP contribution in [0.15, 0.2) is 53.4 Å². The van der Waals surface area contributed by atoms with E-state index in [1.165, 1.54) is 0 Å². The molecular formula is C14H12ClNOS. The summed E-state index contributed by atoms with van der Waals surface area (Å²) in [4.78, 5) is 13.1. The summed E-state index contributed by atoms with van der Waals surface area (Å²) < 4.78 is 0. The maximum atomic E-state index is 12.0. The van der Waals surface area contributed by atoms with Gasteiger partial charge in [-0.15, -0.1) is 11.8 Å². The lowest BCUT2D eigenvalue weighted by molar-refractivity contribution is 0.102. The molecule has 0 fully saturated rings. The van der Waals surface area contributed by atoms with Crippen molar-refractivity contribution < 1.29 is 4.79 Å². The van der Waals surface area contributed by atoms with E-state index in [1.54, 1.807) is 36.0 Å². The summed E-state index contributed by atoms with van der Waals surface area (Å²) in [6, 6.07) is 14.7. The van der Waals surface area contributed by atoms with Gasteiger partial charge in [-0.3, -0.25) is 4.79 Å². The molecule has 2 aromatic rings. The third-order valence-corrected chi connectivity index (χ3v) is 3.54. The summed E-state index contributed by atoms with van der Waals surface area (Å²) in [6.45, 7) is 0. The van der Waals surface area contributed by atoms with Gasteiger partial charge in [-0.05, 0) is 42.7 Å². The summed E-state index contributed by atoms with van der Waals surface area (Å²) in [6.07, 6.45) is 2.01. The Bertz CT molecular complexity index is 554. The highest BCUT2D eigenvalue weighted by Crippen LogP contribution is 2.20. The zero-order valence-corrected chi connectivity index (χ0v) is 11.4. The zero-order valence-electron chi connectivity index (χ0n) is 9.81. The van der Waals surface area contributed by atoms with Crippen molar-refractivity contribution in [2.75, 3.05) is 11.6 Å². The molecule has 0 aliphatic heterocycles. The van der Waals surface area contributed by atoms with E-state index in [9.17, 15) is 4.79 Å². The van der Waals surface area contributed by atoms with Gasteiger partial charge in [-0.25, -0.2) is 0 Å². The predicted molar refractivity (Wildman–Crippen MR) is 77.6 cm³/mol. The lowest BCUT2D eigenvalue weighted by Gasteiger charge is -2.07. The maximum Gasteiger partial charge on any atom is 0.257 e. The largest absolute Gasteiger partial charge is 0.322 e. The van der Waals surface area contributed by atoms with E-state index in [1.807, 2.05) is 30.5 Å². The third kappa shape index (κ3) is 3.06. The van der Waals surface area contributed by atoms with E-state index in [0.29, 0.717) is 10.6 Å². The minimum Gasteiger partial charge on any atom is -0.322 e. The van der Waals surface area contributed by atoms with Crippen molar-refractivity contribution in [3.63, 3.8) is 0 Å². The Morgan fingerprint density at radius 2 is 1.78 bits per heavy atom. The SMILES string of the molecule is CSc1ccc(NC(=O)c2ccccc2Cl)cc1. The number of amides is 1. The number of halogens is 1. The molecule has 1 N–H and O–H groups in total. The first kappa shape index (κ1) is 13.0. The molecule has 0 radical (unpaired) electrons. The van der Waals surface area contributed by atoms with Crippen LogP contribution < -0.4 is 5.32 Å². The van der Waals surface area contributed by atoms with E-state index in [2.05, 4.69) is 5.32 Å². The Labute approximate surface area is 115 Å². The number of benzene rings is 2. The molecule has 0 heterocycles. The summed E-state index contributed by atoms with van der Waals surface area (Å²) in [5.74, 6) is -0.197. The van der Waals surface area contributed by atoms with Crippen LogP contribution in [-0.4, -0.2) is 12.2 Å².